The molecular weight excluding hydrogens is 316 g/mol. The molecule has 0 unspecified atom stereocenters. The molecule has 1 aliphatic rings. The van der Waals surface area contributed by atoms with Gasteiger partial charge < -0.3 is 15.0 Å². The van der Waals surface area contributed by atoms with Crippen molar-refractivity contribution in [3.63, 3.8) is 0 Å². The van der Waals surface area contributed by atoms with Crippen molar-refractivity contribution in [1.29, 1.82) is 0 Å². The molecule has 1 amide bonds. The number of carbonyl (C=O) groups is 1. The first kappa shape index (κ1) is 17.5. The van der Waals surface area contributed by atoms with Gasteiger partial charge in [0.25, 0.3) is 5.91 Å². The van der Waals surface area contributed by atoms with Crippen molar-refractivity contribution in [2.75, 3.05) is 31.6 Å². The van der Waals surface area contributed by atoms with Gasteiger partial charge in [0.2, 0.25) is 0 Å². The minimum absolute atomic E-state index is 0.0792. The number of ether oxygens (including phenoxy) is 1. The van der Waals surface area contributed by atoms with E-state index in [-0.39, 0.29) is 11.9 Å². The largest absolute Gasteiger partial charge is 0.382 e. The number of benzene rings is 1. The van der Waals surface area contributed by atoms with Crippen molar-refractivity contribution in [3.05, 3.63) is 47.8 Å². The second-order valence-electron chi connectivity index (χ2n) is 6.54. The molecule has 1 saturated heterocycles. The Bertz CT molecular complexity index is 693. The molecule has 0 spiro atoms. The van der Waals surface area contributed by atoms with Gasteiger partial charge in [-0.2, -0.15) is 5.10 Å². The number of carbonyl (C=O) groups excluding carboxylic acids is 1. The zero-order chi connectivity index (χ0) is 17.6. The van der Waals surface area contributed by atoms with Gasteiger partial charge in [-0.3, -0.25) is 9.48 Å². The molecule has 0 radical (unpaired) electrons. The molecule has 0 aliphatic carbocycles. The van der Waals surface area contributed by atoms with Crippen LogP contribution in [-0.4, -0.2) is 52.9 Å². The molecule has 1 aromatic heterocycles. The third-order valence-corrected chi connectivity index (χ3v) is 4.54. The quantitative estimate of drug-likeness (QED) is 0.876. The molecule has 6 nitrogen and oxygen atoms in total. The van der Waals surface area contributed by atoms with E-state index < -0.39 is 0 Å². The lowest BCUT2D eigenvalue weighted by atomic mass is 10.1. The van der Waals surface area contributed by atoms with Gasteiger partial charge in [-0.15, -0.1) is 0 Å². The molecule has 6 heteroatoms. The van der Waals surface area contributed by atoms with E-state index in [1.807, 2.05) is 40.0 Å². The fraction of sp³-hybridized carbons (Fsp3) is 0.474. The summed E-state index contributed by atoms with van der Waals surface area (Å²) in [5.74, 6) is 0.0792. The van der Waals surface area contributed by atoms with Crippen LogP contribution < -0.4 is 5.32 Å². The minimum atomic E-state index is 0.0792. The third kappa shape index (κ3) is 4.60. The molecule has 3 rings (SSSR count). The van der Waals surface area contributed by atoms with Crippen LogP contribution in [-0.2, 0) is 11.3 Å². The van der Waals surface area contributed by atoms with Gasteiger partial charge in [-0.05, 0) is 44.0 Å². The van der Waals surface area contributed by atoms with Crippen LogP contribution in [0.15, 0.2) is 36.7 Å². The summed E-state index contributed by atoms with van der Waals surface area (Å²) in [6.07, 6.45) is 4.73. The predicted octanol–water partition coefficient (Wildman–Crippen LogP) is 2.55. The van der Waals surface area contributed by atoms with Crippen LogP contribution in [0.4, 0.5) is 5.69 Å². The van der Waals surface area contributed by atoms with Crippen molar-refractivity contribution >= 4 is 11.6 Å². The lowest BCUT2D eigenvalue weighted by Crippen LogP contribution is -2.40. The van der Waals surface area contributed by atoms with Gasteiger partial charge in [-0.25, -0.2) is 0 Å². The highest BCUT2D eigenvalue weighted by Gasteiger charge is 2.19. The maximum Gasteiger partial charge on any atom is 0.254 e. The van der Waals surface area contributed by atoms with Gasteiger partial charge in [0.1, 0.15) is 0 Å². The molecule has 2 heterocycles. The number of nitrogens with zero attached hydrogens (tertiary/aromatic N) is 3. The highest BCUT2D eigenvalue weighted by Crippen LogP contribution is 2.20. The summed E-state index contributed by atoms with van der Waals surface area (Å²) in [7, 11) is 0. The van der Waals surface area contributed by atoms with Crippen LogP contribution in [0, 0.1) is 6.92 Å². The fourth-order valence-electron chi connectivity index (χ4n) is 2.96. The molecule has 1 atom stereocenters. The minimum Gasteiger partial charge on any atom is -0.382 e. The molecule has 1 aromatic carbocycles. The van der Waals surface area contributed by atoms with E-state index in [0.717, 1.165) is 29.8 Å². The fourth-order valence-corrected chi connectivity index (χ4v) is 2.96. The normalized spacial score (nSPS) is 15.8. The van der Waals surface area contributed by atoms with E-state index in [4.69, 9.17) is 4.74 Å². The molecular formula is C19H26N4O2. The SMILES string of the molecule is Cc1ccc(C(=O)N2CCOCC2)cc1N[C@@H](C)CCn1cccn1. The third-order valence-electron chi connectivity index (χ3n) is 4.54. The Kier molecular flexibility index (Phi) is 5.71. The number of morpholine rings is 1. The summed E-state index contributed by atoms with van der Waals surface area (Å²) < 4.78 is 7.26. The van der Waals surface area contributed by atoms with E-state index >= 15 is 0 Å². The van der Waals surface area contributed by atoms with Crippen LogP contribution in [0.2, 0.25) is 0 Å². The highest BCUT2D eigenvalue weighted by molar-refractivity contribution is 5.95. The molecule has 1 N–H and O–H groups in total. The maximum atomic E-state index is 12.7. The maximum absolute atomic E-state index is 12.7. The predicted molar refractivity (Wildman–Crippen MR) is 97.8 cm³/mol. The summed E-state index contributed by atoms with van der Waals surface area (Å²) in [5, 5.41) is 7.76. The molecule has 0 bridgehead atoms. The zero-order valence-corrected chi connectivity index (χ0v) is 14.9. The summed E-state index contributed by atoms with van der Waals surface area (Å²) in [4.78, 5) is 14.5. The van der Waals surface area contributed by atoms with Crippen molar-refractivity contribution in [2.24, 2.45) is 0 Å². The van der Waals surface area contributed by atoms with Crippen LogP contribution in [0.3, 0.4) is 0 Å². The van der Waals surface area contributed by atoms with Crippen molar-refractivity contribution in [1.82, 2.24) is 14.7 Å². The van der Waals surface area contributed by atoms with Crippen molar-refractivity contribution < 1.29 is 9.53 Å². The molecule has 0 saturated carbocycles. The molecule has 1 fully saturated rings. The van der Waals surface area contributed by atoms with Gasteiger partial charge in [0, 0.05) is 49.3 Å². The lowest BCUT2D eigenvalue weighted by molar-refractivity contribution is 0.0303. The monoisotopic (exact) mass is 342 g/mol. The first-order valence-corrected chi connectivity index (χ1v) is 8.85. The Balaban J connectivity index is 1.63. The van der Waals surface area contributed by atoms with Gasteiger partial charge in [0.15, 0.2) is 0 Å². The molecule has 25 heavy (non-hydrogen) atoms. The van der Waals surface area contributed by atoms with E-state index in [1.165, 1.54) is 0 Å². The van der Waals surface area contributed by atoms with Crippen LogP contribution >= 0.6 is 0 Å². The number of nitrogens with one attached hydrogen (secondary N) is 1. The smallest absolute Gasteiger partial charge is 0.254 e. The van der Waals surface area contributed by atoms with Crippen LogP contribution in [0.25, 0.3) is 0 Å². The number of anilines is 1. The number of rotatable bonds is 6. The second kappa shape index (κ2) is 8.16. The average Bonchev–Trinajstić information content (AvgIpc) is 3.15. The van der Waals surface area contributed by atoms with Gasteiger partial charge in [0.05, 0.1) is 13.2 Å². The van der Waals surface area contributed by atoms with E-state index in [0.29, 0.717) is 26.3 Å². The Morgan fingerprint density at radius 2 is 2.16 bits per heavy atom. The van der Waals surface area contributed by atoms with E-state index in [2.05, 4.69) is 24.3 Å². The summed E-state index contributed by atoms with van der Waals surface area (Å²) in [6.45, 7) is 7.64. The Hall–Kier alpha value is -2.34. The molecule has 2 aromatic rings. The van der Waals surface area contributed by atoms with E-state index in [9.17, 15) is 4.79 Å². The lowest BCUT2D eigenvalue weighted by Gasteiger charge is -2.27. The van der Waals surface area contributed by atoms with Gasteiger partial charge in [-0.1, -0.05) is 6.07 Å². The Labute approximate surface area is 148 Å². The molecule has 1 aliphatic heterocycles. The highest BCUT2D eigenvalue weighted by atomic mass is 16.5. The second-order valence-corrected chi connectivity index (χ2v) is 6.54. The Morgan fingerprint density at radius 1 is 1.36 bits per heavy atom. The summed E-state index contributed by atoms with van der Waals surface area (Å²) >= 11 is 0. The Morgan fingerprint density at radius 3 is 2.88 bits per heavy atom. The number of hydrogen-bond acceptors (Lipinski definition) is 4. The van der Waals surface area contributed by atoms with Gasteiger partial charge >= 0.3 is 0 Å². The zero-order valence-electron chi connectivity index (χ0n) is 14.9. The van der Waals surface area contributed by atoms with Crippen molar-refractivity contribution in [2.45, 2.75) is 32.9 Å². The first-order valence-electron chi connectivity index (χ1n) is 8.85. The number of aryl methyl sites for hydroxylation is 2. The van der Waals surface area contributed by atoms with Crippen LogP contribution in [0.1, 0.15) is 29.3 Å². The summed E-state index contributed by atoms with van der Waals surface area (Å²) in [6, 6.07) is 8.11. The number of aromatic nitrogens is 2. The van der Waals surface area contributed by atoms with E-state index in [1.54, 1.807) is 6.20 Å². The first-order chi connectivity index (χ1) is 12.1. The number of hydrogen-bond donors (Lipinski definition) is 1. The number of amides is 1. The summed E-state index contributed by atoms with van der Waals surface area (Å²) in [5.41, 5.74) is 2.89. The van der Waals surface area contributed by atoms with Crippen molar-refractivity contribution in [3.8, 4) is 0 Å². The molecule has 134 valence electrons. The van der Waals surface area contributed by atoms with Crippen LogP contribution in [0.5, 0.6) is 0 Å². The standard InChI is InChI=1S/C19H26N4O2/c1-15-4-5-17(19(24)22-10-12-25-13-11-22)14-18(15)21-16(2)6-9-23-8-3-7-20-23/h3-5,7-8,14,16,21H,6,9-13H2,1-2H3/t16-/m0/s1. The average molecular weight is 342 g/mol. The topological polar surface area (TPSA) is 59.4 Å².